The first-order valence-corrected chi connectivity index (χ1v) is 7.61. The Labute approximate surface area is 113 Å². The molecule has 0 saturated carbocycles. The number of amides is 2. The van der Waals surface area contributed by atoms with E-state index >= 15 is 0 Å². The minimum Gasteiger partial charge on any atom is -0.344 e. The molecule has 1 atom stereocenters. The van der Waals surface area contributed by atoms with Gasteiger partial charge in [0.1, 0.15) is 6.04 Å². The Hall–Kier alpha value is -0.970. The van der Waals surface area contributed by atoms with E-state index in [1.54, 1.807) is 11.8 Å². The van der Waals surface area contributed by atoms with Crippen molar-refractivity contribution in [1.29, 1.82) is 0 Å². The molecule has 0 radical (unpaired) electrons. The summed E-state index contributed by atoms with van der Waals surface area (Å²) in [6, 6.07) is -0.325. The third kappa shape index (κ3) is 4.72. The van der Waals surface area contributed by atoms with E-state index in [1.165, 1.54) is 0 Å². The molecule has 0 aromatic carbocycles. The van der Waals surface area contributed by atoms with Crippen molar-refractivity contribution in [2.45, 2.75) is 32.2 Å². The van der Waals surface area contributed by atoms with Crippen LogP contribution in [0, 0.1) is 0 Å². The SMILES string of the molecule is C=CCSCCN1CCC(=O)NC(CCC)C1=O. The summed E-state index contributed by atoms with van der Waals surface area (Å²) in [6.07, 6.45) is 3.90. The standard InChI is InChI=1S/C13H22N2O2S/c1-3-5-11-13(17)15(7-6-12(16)14-11)8-10-18-9-4-2/h4,11H,2-3,5-10H2,1H3,(H,14,16). The van der Waals surface area contributed by atoms with E-state index < -0.39 is 0 Å². The lowest BCUT2D eigenvalue weighted by atomic mass is 10.1. The molecule has 18 heavy (non-hydrogen) atoms. The van der Waals surface area contributed by atoms with E-state index in [-0.39, 0.29) is 17.9 Å². The Bertz CT molecular complexity index is 307. The zero-order valence-electron chi connectivity index (χ0n) is 11.0. The maximum absolute atomic E-state index is 12.2. The molecule has 1 aliphatic rings. The van der Waals surface area contributed by atoms with Crippen molar-refractivity contribution in [3.05, 3.63) is 12.7 Å². The number of thioether (sulfide) groups is 1. The number of hydrogen-bond acceptors (Lipinski definition) is 3. The van der Waals surface area contributed by atoms with Gasteiger partial charge in [0.2, 0.25) is 11.8 Å². The molecule has 0 spiro atoms. The first-order chi connectivity index (χ1) is 8.69. The zero-order valence-corrected chi connectivity index (χ0v) is 11.8. The lowest BCUT2D eigenvalue weighted by Crippen LogP contribution is -2.45. The van der Waals surface area contributed by atoms with E-state index in [2.05, 4.69) is 11.9 Å². The van der Waals surface area contributed by atoms with E-state index in [4.69, 9.17) is 0 Å². The maximum Gasteiger partial charge on any atom is 0.245 e. The van der Waals surface area contributed by atoms with Gasteiger partial charge in [-0.2, -0.15) is 11.8 Å². The Morgan fingerprint density at radius 3 is 3.00 bits per heavy atom. The van der Waals surface area contributed by atoms with Gasteiger partial charge in [-0.3, -0.25) is 9.59 Å². The number of nitrogens with one attached hydrogen (secondary N) is 1. The molecule has 1 unspecified atom stereocenters. The summed E-state index contributed by atoms with van der Waals surface area (Å²) in [5.41, 5.74) is 0. The van der Waals surface area contributed by atoms with Crippen molar-refractivity contribution in [2.75, 3.05) is 24.6 Å². The molecule has 5 heteroatoms. The fraction of sp³-hybridized carbons (Fsp3) is 0.692. The smallest absolute Gasteiger partial charge is 0.245 e. The van der Waals surface area contributed by atoms with Crippen molar-refractivity contribution in [3.8, 4) is 0 Å². The minimum atomic E-state index is -0.325. The minimum absolute atomic E-state index is 0.0111. The molecule has 0 bridgehead atoms. The zero-order chi connectivity index (χ0) is 13.4. The van der Waals surface area contributed by atoms with Crippen LogP contribution in [0.3, 0.4) is 0 Å². The van der Waals surface area contributed by atoms with Crippen LogP contribution in [0.5, 0.6) is 0 Å². The summed E-state index contributed by atoms with van der Waals surface area (Å²) >= 11 is 1.75. The fourth-order valence-electron chi connectivity index (χ4n) is 1.94. The highest BCUT2D eigenvalue weighted by molar-refractivity contribution is 7.99. The summed E-state index contributed by atoms with van der Waals surface area (Å²) < 4.78 is 0. The Morgan fingerprint density at radius 2 is 2.33 bits per heavy atom. The predicted octanol–water partition coefficient (Wildman–Crippen LogP) is 1.42. The predicted molar refractivity (Wildman–Crippen MR) is 75.6 cm³/mol. The molecule has 1 fully saturated rings. The van der Waals surface area contributed by atoms with Gasteiger partial charge in [0.05, 0.1) is 0 Å². The van der Waals surface area contributed by atoms with E-state index in [0.717, 1.165) is 24.3 Å². The van der Waals surface area contributed by atoms with E-state index in [0.29, 0.717) is 19.5 Å². The second kappa shape index (κ2) is 8.19. The average molecular weight is 270 g/mol. The van der Waals surface area contributed by atoms with Crippen LogP contribution in [-0.4, -0.2) is 47.4 Å². The monoisotopic (exact) mass is 270 g/mol. The number of carbonyl (C=O) groups is 2. The Morgan fingerprint density at radius 1 is 1.56 bits per heavy atom. The first kappa shape index (κ1) is 15.1. The van der Waals surface area contributed by atoms with E-state index in [9.17, 15) is 9.59 Å². The molecule has 2 amide bonds. The highest BCUT2D eigenvalue weighted by Gasteiger charge is 2.28. The van der Waals surface area contributed by atoms with Crippen molar-refractivity contribution in [3.63, 3.8) is 0 Å². The van der Waals surface area contributed by atoms with Gasteiger partial charge in [0.15, 0.2) is 0 Å². The average Bonchev–Trinajstić information content (AvgIpc) is 2.48. The summed E-state index contributed by atoms with van der Waals surface area (Å²) in [5, 5.41) is 2.81. The summed E-state index contributed by atoms with van der Waals surface area (Å²) in [4.78, 5) is 25.6. The molecule has 1 N–H and O–H groups in total. The van der Waals surface area contributed by atoms with Gasteiger partial charge >= 0.3 is 0 Å². The largest absolute Gasteiger partial charge is 0.344 e. The number of hydrogen-bond donors (Lipinski definition) is 1. The van der Waals surface area contributed by atoms with Crippen LogP contribution in [0.15, 0.2) is 12.7 Å². The highest BCUT2D eigenvalue weighted by Crippen LogP contribution is 2.10. The van der Waals surface area contributed by atoms with Gasteiger partial charge < -0.3 is 10.2 Å². The van der Waals surface area contributed by atoms with Gasteiger partial charge in [0, 0.05) is 31.0 Å². The van der Waals surface area contributed by atoms with Crippen LogP contribution in [-0.2, 0) is 9.59 Å². The summed E-state index contributed by atoms with van der Waals surface area (Å²) in [5.74, 6) is 1.85. The van der Waals surface area contributed by atoms with Crippen molar-refractivity contribution in [2.24, 2.45) is 0 Å². The topological polar surface area (TPSA) is 49.4 Å². The van der Waals surface area contributed by atoms with Crippen LogP contribution >= 0.6 is 11.8 Å². The van der Waals surface area contributed by atoms with Crippen LogP contribution < -0.4 is 5.32 Å². The van der Waals surface area contributed by atoms with Crippen LogP contribution in [0.4, 0.5) is 0 Å². The third-order valence-electron chi connectivity index (χ3n) is 2.87. The van der Waals surface area contributed by atoms with Gasteiger partial charge in [-0.05, 0) is 6.42 Å². The molecule has 0 aromatic heterocycles. The molecule has 1 heterocycles. The normalized spacial score (nSPS) is 20.5. The second-order valence-corrected chi connectivity index (χ2v) is 5.50. The van der Waals surface area contributed by atoms with Crippen LogP contribution in [0.25, 0.3) is 0 Å². The van der Waals surface area contributed by atoms with Gasteiger partial charge in [-0.15, -0.1) is 6.58 Å². The maximum atomic E-state index is 12.2. The Kier molecular flexibility index (Phi) is 6.86. The Balaban J connectivity index is 2.51. The molecule has 0 aliphatic carbocycles. The lowest BCUT2D eigenvalue weighted by molar-refractivity contribution is -0.133. The number of carbonyl (C=O) groups excluding carboxylic acids is 2. The van der Waals surface area contributed by atoms with Gasteiger partial charge in [0.25, 0.3) is 0 Å². The van der Waals surface area contributed by atoms with Crippen LogP contribution in [0.1, 0.15) is 26.2 Å². The molecule has 1 saturated heterocycles. The van der Waals surface area contributed by atoms with Crippen molar-refractivity contribution in [1.82, 2.24) is 10.2 Å². The number of nitrogens with zero attached hydrogens (tertiary/aromatic N) is 1. The second-order valence-electron chi connectivity index (χ2n) is 4.35. The summed E-state index contributed by atoms with van der Waals surface area (Å²) in [6.45, 7) is 6.94. The van der Waals surface area contributed by atoms with Crippen molar-refractivity contribution >= 4 is 23.6 Å². The quantitative estimate of drug-likeness (QED) is 0.562. The van der Waals surface area contributed by atoms with Gasteiger partial charge in [-0.1, -0.05) is 19.4 Å². The third-order valence-corrected chi connectivity index (χ3v) is 3.82. The van der Waals surface area contributed by atoms with Crippen molar-refractivity contribution < 1.29 is 9.59 Å². The van der Waals surface area contributed by atoms with Gasteiger partial charge in [-0.25, -0.2) is 0 Å². The molecule has 1 aliphatic heterocycles. The first-order valence-electron chi connectivity index (χ1n) is 6.45. The molecule has 4 nitrogen and oxygen atoms in total. The number of rotatable bonds is 7. The molecule has 0 aromatic rings. The molecule has 1 rings (SSSR count). The molecular formula is C13H22N2O2S. The lowest BCUT2D eigenvalue weighted by Gasteiger charge is -2.23. The molecular weight excluding hydrogens is 248 g/mol. The van der Waals surface area contributed by atoms with E-state index in [1.807, 2.05) is 17.9 Å². The summed E-state index contributed by atoms with van der Waals surface area (Å²) in [7, 11) is 0. The fourth-order valence-corrected chi connectivity index (χ4v) is 2.63. The highest BCUT2D eigenvalue weighted by atomic mass is 32.2. The molecule has 102 valence electrons. The van der Waals surface area contributed by atoms with Crippen LogP contribution in [0.2, 0.25) is 0 Å².